The average Bonchev–Trinajstić information content (AvgIpc) is 3.22. The van der Waals surface area contributed by atoms with E-state index in [0.717, 1.165) is 48.4 Å². The van der Waals surface area contributed by atoms with Crippen LogP contribution in [0, 0.1) is 6.92 Å². The van der Waals surface area contributed by atoms with Gasteiger partial charge in [-0.1, -0.05) is 29.8 Å². The molecule has 1 fully saturated rings. The van der Waals surface area contributed by atoms with Gasteiger partial charge in [0, 0.05) is 68.0 Å². The van der Waals surface area contributed by atoms with Crippen molar-refractivity contribution in [3.63, 3.8) is 0 Å². The largest absolute Gasteiger partial charge is 0.507 e. The number of nitrogens with zero attached hydrogens (tertiary/aromatic N) is 4. The van der Waals surface area contributed by atoms with E-state index < -0.39 is 0 Å². The molecule has 4 aromatic rings. The van der Waals surface area contributed by atoms with E-state index in [1.165, 1.54) is 14.8 Å². The second kappa shape index (κ2) is 10.0. The van der Waals surface area contributed by atoms with Crippen molar-refractivity contribution in [3.05, 3.63) is 88.1 Å². The number of hydrogen-bond acceptors (Lipinski definition) is 4. The molecule has 0 unspecified atom stereocenters. The van der Waals surface area contributed by atoms with Gasteiger partial charge in [-0.25, -0.2) is 4.79 Å². The molecule has 1 N–H and O–H groups in total. The molecule has 6 nitrogen and oxygen atoms in total. The zero-order chi connectivity index (χ0) is 27.2. The summed E-state index contributed by atoms with van der Waals surface area (Å²) in [4.78, 5) is 17.3. The zero-order valence-electron chi connectivity index (χ0n) is 22.7. The van der Waals surface area contributed by atoms with Crippen LogP contribution in [0.15, 0.2) is 71.8 Å². The molecule has 0 bridgehead atoms. The van der Waals surface area contributed by atoms with E-state index in [1.807, 2.05) is 37.3 Å². The predicted octanol–water partition coefficient (Wildman–Crippen LogP) is 6.10. The molecule has 1 aliphatic rings. The van der Waals surface area contributed by atoms with E-state index in [9.17, 15) is 9.90 Å². The highest BCUT2D eigenvalue weighted by molar-refractivity contribution is 6.32. The summed E-state index contributed by atoms with van der Waals surface area (Å²) in [5, 5.41) is 11.9. The van der Waals surface area contributed by atoms with E-state index in [-0.39, 0.29) is 17.0 Å². The number of hydrogen-bond donors (Lipinski definition) is 1. The molecule has 0 aliphatic carbocycles. The minimum atomic E-state index is -0.167. The van der Waals surface area contributed by atoms with Crippen LogP contribution < -0.4 is 10.6 Å². The van der Waals surface area contributed by atoms with Crippen molar-refractivity contribution < 1.29 is 5.11 Å². The number of imidazole rings is 1. The van der Waals surface area contributed by atoms with Crippen LogP contribution in [-0.4, -0.2) is 50.9 Å². The monoisotopic (exact) mass is 530 g/mol. The smallest absolute Gasteiger partial charge is 0.332 e. The van der Waals surface area contributed by atoms with E-state index in [4.69, 9.17) is 11.6 Å². The normalized spacial score (nSPS) is 14.7. The predicted molar refractivity (Wildman–Crippen MR) is 157 cm³/mol. The van der Waals surface area contributed by atoms with Gasteiger partial charge in [0.05, 0.1) is 10.7 Å². The van der Waals surface area contributed by atoms with Crippen molar-refractivity contribution >= 4 is 17.3 Å². The summed E-state index contributed by atoms with van der Waals surface area (Å²) in [5.74, 6) is 0.214. The first-order chi connectivity index (χ1) is 18.0. The maximum absolute atomic E-state index is 12.4. The lowest BCUT2D eigenvalue weighted by atomic mass is 9.94. The SMILES string of the molecule is Cc1cc(-c2cccc(N3CCN(C(C)(C)C)CC3)c2)c(O)c(-c2ccc(-n3ccn(C)c3=O)c(Cl)c2)c1. The fraction of sp³-hybridized carbons (Fsp3) is 0.323. The van der Waals surface area contributed by atoms with E-state index in [0.29, 0.717) is 16.3 Å². The van der Waals surface area contributed by atoms with Crippen LogP contribution >= 0.6 is 11.6 Å². The Morgan fingerprint density at radius 3 is 2.11 bits per heavy atom. The number of piperazine rings is 1. The Kier molecular flexibility index (Phi) is 6.88. The molecule has 0 amide bonds. The van der Waals surface area contributed by atoms with Crippen LogP contribution in [0.1, 0.15) is 26.3 Å². The molecule has 2 heterocycles. The van der Waals surface area contributed by atoms with Crippen LogP contribution in [0.5, 0.6) is 5.75 Å². The van der Waals surface area contributed by atoms with Gasteiger partial charge in [0.15, 0.2) is 0 Å². The number of halogens is 1. The van der Waals surface area contributed by atoms with Gasteiger partial charge < -0.3 is 14.6 Å². The first-order valence-electron chi connectivity index (χ1n) is 13.0. The Hall–Kier alpha value is -3.48. The lowest BCUT2D eigenvalue weighted by molar-refractivity contribution is 0.128. The molecule has 0 saturated carbocycles. The quantitative estimate of drug-likeness (QED) is 0.346. The third kappa shape index (κ3) is 4.98. The Morgan fingerprint density at radius 2 is 1.53 bits per heavy atom. The van der Waals surface area contributed by atoms with Crippen LogP contribution in [0.2, 0.25) is 5.02 Å². The minimum absolute atomic E-state index is 0.167. The van der Waals surface area contributed by atoms with Gasteiger partial charge in [0.25, 0.3) is 0 Å². The first kappa shape index (κ1) is 26.1. The number of benzene rings is 3. The summed E-state index contributed by atoms with van der Waals surface area (Å²) < 4.78 is 3.02. The Labute approximate surface area is 229 Å². The van der Waals surface area contributed by atoms with Gasteiger partial charge in [0.1, 0.15) is 5.75 Å². The maximum Gasteiger partial charge on any atom is 0.332 e. The topological polar surface area (TPSA) is 53.6 Å². The van der Waals surface area contributed by atoms with Crippen LogP contribution in [0.3, 0.4) is 0 Å². The zero-order valence-corrected chi connectivity index (χ0v) is 23.5. The standard InChI is InChI=1S/C31H35ClN4O2/c1-21-17-25(22-7-6-8-24(19-22)34-12-14-35(15-13-34)31(2,3)4)29(37)26(18-21)23-9-10-28(27(32)20-23)36-16-11-33(5)30(36)38/h6-11,16-20,37H,12-15H2,1-5H3. The molecule has 0 radical (unpaired) electrons. The maximum atomic E-state index is 12.4. The summed E-state index contributed by atoms with van der Waals surface area (Å²) in [5.41, 5.74) is 6.08. The fourth-order valence-electron chi connectivity index (χ4n) is 5.24. The molecule has 3 aromatic carbocycles. The third-order valence-corrected chi connectivity index (χ3v) is 7.77. The average molecular weight is 531 g/mol. The summed E-state index contributed by atoms with van der Waals surface area (Å²) in [6.07, 6.45) is 3.39. The number of aromatic nitrogens is 2. The minimum Gasteiger partial charge on any atom is -0.507 e. The van der Waals surface area contributed by atoms with Gasteiger partial charge in [-0.2, -0.15) is 0 Å². The molecule has 0 atom stereocenters. The molecule has 7 heteroatoms. The first-order valence-corrected chi connectivity index (χ1v) is 13.4. The second-order valence-corrected chi connectivity index (χ2v) is 11.5. The van der Waals surface area contributed by atoms with E-state index in [2.05, 4.69) is 48.8 Å². The van der Waals surface area contributed by atoms with Crippen molar-refractivity contribution in [2.45, 2.75) is 33.2 Å². The van der Waals surface area contributed by atoms with Crippen molar-refractivity contribution in [1.29, 1.82) is 0 Å². The highest BCUT2D eigenvalue weighted by atomic mass is 35.5. The molecule has 198 valence electrons. The summed E-state index contributed by atoms with van der Waals surface area (Å²) >= 11 is 6.63. The summed E-state index contributed by atoms with van der Waals surface area (Å²) in [7, 11) is 1.70. The lowest BCUT2D eigenvalue weighted by Crippen LogP contribution is -2.53. The van der Waals surface area contributed by atoms with Crippen molar-refractivity contribution in [1.82, 2.24) is 14.0 Å². The Balaban J connectivity index is 1.47. The van der Waals surface area contributed by atoms with Crippen molar-refractivity contribution in [2.24, 2.45) is 7.05 Å². The van der Waals surface area contributed by atoms with Gasteiger partial charge in [-0.15, -0.1) is 0 Å². The highest BCUT2D eigenvalue weighted by Gasteiger charge is 2.26. The summed E-state index contributed by atoms with van der Waals surface area (Å²) in [6, 6.07) is 17.9. The van der Waals surface area contributed by atoms with Crippen molar-refractivity contribution in [2.75, 3.05) is 31.1 Å². The van der Waals surface area contributed by atoms with Crippen LogP contribution in [0.25, 0.3) is 27.9 Å². The van der Waals surface area contributed by atoms with Crippen molar-refractivity contribution in [3.8, 4) is 33.7 Å². The Bertz CT molecular complexity index is 1540. The number of rotatable bonds is 4. The van der Waals surface area contributed by atoms with Crippen LogP contribution in [0.4, 0.5) is 5.69 Å². The molecular weight excluding hydrogens is 496 g/mol. The lowest BCUT2D eigenvalue weighted by Gasteiger charge is -2.43. The third-order valence-electron chi connectivity index (χ3n) is 7.47. The molecule has 1 saturated heterocycles. The van der Waals surface area contributed by atoms with E-state index in [1.54, 1.807) is 25.5 Å². The summed E-state index contributed by atoms with van der Waals surface area (Å²) in [6.45, 7) is 12.8. The number of aromatic hydroxyl groups is 1. The molecule has 0 spiro atoms. The van der Waals surface area contributed by atoms with Gasteiger partial charge in [0.2, 0.25) is 0 Å². The Morgan fingerprint density at radius 1 is 0.868 bits per heavy atom. The molecular formula is C31H35ClN4O2. The molecule has 5 rings (SSSR count). The van der Waals surface area contributed by atoms with Gasteiger partial charge in [-0.05, 0) is 80.8 Å². The fourth-order valence-corrected chi connectivity index (χ4v) is 5.51. The molecule has 1 aliphatic heterocycles. The number of anilines is 1. The molecule has 38 heavy (non-hydrogen) atoms. The second-order valence-electron chi connectivity index (χ2n) is 11.1. The van der Waals surface area contributed by atoms with Crippen LogP contribution in [-0.2, 0) is 7.05 Å². The number of phenolic OH excluding ortho intramolecular Hbond substituents is 1. The number of phenols is 1. The molecule has 1 aromatic heterocycles. The van der Waals surface area contributed by atoms with Gasteiger partial charge in [-0.3, -0.25) is 9.47 Å². The van der Waals surface area contributed by atoms with E-state index >= 15 is 0 Å². The number of aryl methyl sites for hydroxylation is 2. The highest BCUT2D eigenvalue weighted by Crippen LogP contribution is 2.41. The van der Waals surface area contributed by atoms with Gasteiger partial charge >= 0.3 is 5.69 Å².